The Morgan fingerprint density at radius 3 is 2.40 bits per heavy atom. The van der Waals surface area contributed by atoms with Gasteiger partial charge in [-0.3, -0.25) is 4.98 Å². The van der Waals surface area contributed by atoms with Crippen molar-refractivity contribution >= 4 is 11.6 Å². The summed E-state index contributed by atoms with van der Waals surface area (Å²) < 4.78 is 0. The van der Waals surface area contributed by atoms with Gasteiger partial charge in [-0.25, -0.2) is 0 Å². The molecule has 4 bridgehead atoms. The lowest BCUT2D eigenvalue weighted by molar-refractivity contribution is -0.0400. The second-order valence-electron chi connectivity index (χ2n) is 8.58. The van der Waals surface area contributed by atoms with Crippen LogP contribution < -0.4 is 0 Å². The van der Waals surface area contributed by atoms with Crippen molar-refractivity contribution < 1.29 is 0 Å². The second-order valence-corrected chi connectivity index (χ2v) is 9.02. The summed E-state index contributed by atoms with van der Waals surface area (Å²) in [5, 5.41) is 10.5. The van der Waals surface area contributed by atoms with Crippen molar-refractivity contribution in [3.8, 4) is 17.2 Å². The zero-order chi connectivity index (χ0) is 16.8. The Hall–Kier alpha value is -1.85. The SMILES string of the molecule is N#Cc1cncc2c1-c1cc(Cl)ccc1C21C2CC3CC(C2)CC1C3. The average Bonchev–Trinajstić information content (AvgIpc) is 2.90. The van der Waals surface area contributed by atoms with E-state index in [-0.39, 0.29) is 5.41 Å². The van der Waals surface area contributed by atoms with Crippen LogP contribution >= 0.6 is 11.6 Å². The van der Waals surface area contributed by atoms with Crippen LogP contribution in [0, 0.1) is 35.0 Å². The average molecular weight is 347 g/mol. The number of pyridine rings is 1. The molecule has 2 nitrogen and oxygen atoms in total. The molecular formula is C22H19ClN2. The van der Waals surface area contributed by atoms with Crippen LogP contribution in [-0.4, -0.2) is 4.98 Å². The molecule has 0 atom stereocenters. The quantitative estimate of drug-likeness (QED) is 0.646. The first-order valence-corrected chi connectivity index (χ1v) is 9.78. The molecule has 0 radical (unpaired) electrons. The van der Waals surface area contributed by atoms with Crippen LogP contribution in [0.3, 0.4) is 0 Å². The summed E-state index contributed by atoms with van der Waals surface area (Å²) >= 11 is 6.37. The fourth-order valence-electron chi connectivity index (χ4n) is 7.19. The molecule has 3 heteroatoms. The maximum absolute atomic E-state index is 9.71. The standard InChI is InChI=1S/C22H19ClN2/c23-17-1-2-19-18(8-17)21-14(9-24)10-25-11-20(21)22(19)15-4-12-3-13(6-15)7-16(22)5-12/h1-2,8,10-13,15-16H,3-7H2. The van der Waals surface area contributed by atoms with Gasteiger partial charge in [0.2, 0.25) is 0 Å². The van der Waals surface area contributed by atoms with Crippen molar-refractivity contribution in [2.75, 3.05) is 0 Å². The van der Waals surface area contributed by atoms with Gasteiger partial charge in [0.05, 0.1) is 5.56 Å². The summed E-state index contributed by atoms with van der Waals surface area (Å²) in [6.07, 6.45) is 10.6. The predicted octanol–water partition coefficient (Wildman–Crippen LogP) is 5.33. The zero-order valence-corrected chi connectivity index (χ0v) is 14.8. The third-order valence-corrected chi connectivity index (χ3v) is 7.87. The third-order valence-electron chi connectivity index (χ3n) is 7.63. The van der Waals surface area contributed by atoms with E-state index in [9.17, 15) is 5.26 Å². The number of nitrogens with zero attached hydrogens (tertiary/aromatic N) is 2. The molecule has 0 aliphatic heterocycles. The van der Waals surface area contributed by atoms with Crippen LogP contribution in [0.15, 0.2) is 30.6 Å². The molecule has 2 aromatic rings. The van der Waals surface area contributed by atoms with Crippen LogP contribution in [0.2, 0.25) is 5.02 Å². The Bertz CT molecular complexity index is 927. The van der Waals surface area contributed by atoms with E-state index in [2.05, 4.69) is 29.4 Å². The highest BCUT2D eigenvalue weighted by atomic mass is 35.5. The van der Waals surface area contributed by atoms with Crippen molar-refractivity contribution in [2.24, 2.45) is 23.7 Å². The molecule has 0 N–H and O–H groups in total. The third kappa shape index (κ3) is 1.59. The van der Waals surface area contributed by atoms with Crippen molar-refractivity contribution in [2.45, 2.75) is 37.5 Å². The Kier molecular flexibility index (Phi) is 2.67. The number of hydrogen-bond acceptors (Lipinski definition) is 2. The summed E-state index contributed by atoms with van der Waals surface area (Å²) in [6, 6.07) is 8.76. The molecule has 5 aliphatic rings. The first-order chi connectivity index (χ1) is 12.2. The van der Waals surface area contributed by atoms with E-state index in [0.29, 0.717) is 17.4 Å². The minimum absolute atomic E-state index is 0.0720. The van der Waals surface area contributed by atoms with Gasteiger partial charge in [-0.15, -0.1) is 0 Å². The molecule has 7 rings (SSSR count). The topological polar surface area (TPSA) is 36.7 Å². The number of fused-ring (bicyclic) bond motifs is 3. The summed E-state index contributed by atoms with van der Waals surface area (Å²) in [5.41, 5.74) is 5.81. The summed E-state index contributed by atoms with van der Waals surface area (Å²) in [5.74, 6) is 3.22. The molecule has 1 aromatic heterocycles. The van der Waals surface area contributed by atoms with Gasteiger partial charge in [0.25, 0.3) is 0 Å². The smallest absolute Gasteiger partial charge is 0.101 e. The van der Waals surface area contributed by atoms with Gasteiger partial charge in [-0.2, -0.15) is 5.26 Å². The Balaban J connectivity index is 1.71. The lowest BCUT2D eigenvalue weighted by Crippen LogP contribution is -2.55. The van der Waals surface area contributed by atoms with Gasteiger partial charge < -0.3 is 0 Å². The minimum Gasteiger partial charge on any atom is -0.263 e. The maximum Gasteiger partial charge on any atom is 0.101 e. The minimum atomic E-state index is 0.0720. The molecule has 4 fully saturated rings. The van der Waals surface area contributed by atoms with Crippen molar-refractivity contribution in [3.63, 3.8) is 0 Å². The van der Waals surface area contributed by atoms with E-state index in [1.807, 2.05) is 6.07 Å². The Labute approximate surface area is 152 Å². The number of hydrogen-bond donors (Lipinski definition) is 0. The van der Waals surface area contributed by atoms with Crippen LogP contribution in [0.25, 0.3) is 11.1 Å². The lowest BCUT2D eigenvalue weighted by Gasteiger charge is -2.61. The maximum atomic E-state index is 9.71. The monoisotopic (exact) mass is 346 g/mol. The summed E-state index contributed by atoms with van der Waals surface area (Å²) in [7, 11) is 0. The molecular weight excluding hydrogens is 328 g/mol. The van der Waals surface area contributed by atoms with E-state index in [0.717, 1.165) is 22.4 Å². The van der Waals surface area contributed by atoms with Gasteiger partial charge in [0.15, 0.2) is 0 Å². The fraction of sp³-hybridized carbons (Fsp3) is 0.455. The molecule has 25 heavy (non-hydrogen) atoms. The molecule has 0 amide bonds. The van der Waals surface area contributed by atoms with Gasteiger partial charge in [0, 0.05) is 28.4 Å². The highest BCUT2D eigenvalue weighted by molar-refractivity contribution is 6.31. The largest absolute Gasteiger partial charge is 0.263 e. The van der Waals surface area contributed by atoms with Crippen LogP contribution in [0.1, 0.15) is 48.8 Å². The van der Waals surface area contributed by atoms with Crippen LogP contribution in [0.4, 0.5) is 0 Å². The van der Waals surface area contributed by atoms with E-state index in [4.69, 9.17) is 11.6 Å². The first kappa shape index (κ1) is 14.3. The van der Waals surface area contributed by atoms with E-state index < -0.39 is 0 Å². The van der Waals surface area contributed by atoms with Crippen molar-refractivity contribution in [1.82, 2.24) is 4.98 Å². The molecule has 0 unspecified atom stereocenters. The molecule has 124 valence electrons. The van der Waals surface area contributed by atoms with Gasteiger partial charge >= 0.3 is 0 Å². The Morgan fingerprint density at radius 2 is 1.72 bits per heavy atom. The van der Waals surface area contributed by atoms with Gasteiger partial charge in [-0.05, 0) is 84.6 Å². The van der Waals surface area contributed by atoms with E-state index >= 15 is 0 Å². The van der Waals surface area contributed by atoms with Crippen molar-refractivity contribution in [3.05, 3.63) is 52.3 Å². The number of rotatable bonds is 0. The first-order valence-electron chi connectivity index (χ1n) is 9.40. The number of nitriles is 1. The highest BCUT2D eigenvalue weighted by Gasteiger charge is 2.61. The summed E-state index contributed by atoms with van der Waals surface area (Å²) in [6.45, 7) is 0. The van der Waals surface area contributed by atoms with Crippen molar-refractivity contribution in [1.29, 1.82) is 5.26 Å². The highest BCUT2D eigenvalue weighted by Crippen LogP contribution is 2.69. The lowest BCUT2D eigenvalue weighted by atomic mass is 9.43. The Morgan fingerprint density at radius 1 is 1.00 bits per heavy atom. The zero-order valence-electron chi connectivity index (χ0n) is 14.0. The van der Waals surface area contributed by atoms with Crippen LogP contribution in [0.5, 0.6) is 0 Å². The number of halogens is 1. The number of benzene rings is 1. The normalized spacial score (nSPS) is 36.3. The second kappa shape index (κ2) is 4.65. The summed E-state index contributed by atoms with van der Waals surface area (Å²) in [4.78, 5) is 4.48. The molecule has 1 aromatic carbocycles. The van der Waals surface area contributed by atoms with Gasteiger partial charge in [0.1, 0.15) is 6.07 Å². The molecule has 5 aliphatic carbocycles. The number of aromatic nitrogens is 1. The molecule has 1 heterocycles. The predicted molar refractivity (Wildman–Crippen MR) is 97.2 cm³/mol. The van der Waals surface area contributed by atoms with Gasteiger partial charge in [-0.1, -0.05) is 17.7 Å². The molecule has 0 saturated heterocycles. The van der Waals surface area contributed by atoms with E-state index in [1.165, 1.54) is 48.8 Å². The van der Waals surface area contributed by atoms with E-state index in [1.54, 1.807) is 6.20 Å². The fourth-order valence-corrected chi connectivity index (χ4v) is 7.36. The van der Waals surface area contributed by atoms with Crippen LogP contribution in [-0.2, 0) is 5.41 Å². The molecule has 4 saturated carbocycles. The molecule has 1 spiro atoms.